The molecule has 6 atom stereocenters. The Morgan fingerprint density at radius 1 is 1.10 bits per heavy atom. The molecule has 1 unspecified atom stereocenters. The Balaban J connectivity index is 1.51. The first kappa shape index (κ1) is 31.9. The molecule has 6 nitrogen and oxygen atoms in total. The molecular formula is C36H46O6. The van der Waals surface area contributed by atoms with Crippen molar-refractivity contribution in [2.24, 2.45) is 23.2 Å². The summed E-state index contributed by atoms with van der Waals surface area (Å²) in [5.74, 6) is -2.03. The molecule has 1 fully saturated rings. The first-order valence-electron chi connectivity index (χ1n) is 14.9. The monoisotopic (exact) mass is 574 g/mol. The van der Waals surface area contributed by atoms with Gasteiger partial charge in [0.2, 0.25) is 0 Å². The molecule has 2 aliphatic carbocycles. The highest BCUT2D eigenvalue weighted by molar-refractivity contribution is 6.04. The van der Waals surface area contributed by atoms with E-state index < -0.39 is 34.4 Å². The van der Waals surface area contributed by atoms with Gasteiger partial charge in [-0.2, -0.15) is 0 Å². The van der Waals surface area contributed by atoms with Crippen molar-refractivity contribution in [3.63, 3.8) is 0 Å². The number of Topliss-reactive ketones (excluding diaryl/α,β-unsaturated/α-hetero) is 1. The van der Waals surface area contributed by atoms with Crippen LogP contribution in [-0.4, -0.2) is 50.5 Å². The minimum absolute atomic E-state index is 0.0537. The van der Waals surface area contributed by atoms with Gasteiger partial charge in [-0.25, -0.2) is 0 Å². The van der Waals surface area contributed by atoms with Crippen molar-refractivity contribution in [3.8, 4) is 11.1 Å². The molecule has 0 amide bonds. The fourth-order valence-corrected chi connectivity index (χ4v) is 6.98. The van der Waals surface area contributed by atoms with Gasteiger partial charge in [-0.1, -0.05) is 94.4 Å². The summed E-state index contributed by atoms with van der Waals surface area (Å²) in [6.45, 7) is 12.8. The van der Waals surface area contributed by atoms with Crippen LogP contribution in [0.1, 0.15) is 66.9 Å². The predicted octanol–water partition coefficient (Wildman–Crippen LogP) is 5.84. The van der Waals surface area contributed by atoms with E-state index in [9.17, 15) is 24.9 Å². The van der Waals surface area contributed by atoms with Gasteiger partial charge in [0.05, 0.1) is 18.6 Å². The molecule has 2 aromatic rings. The highest BCUT2D eigenvalue weighted by Crippen LogP contribution is 2.67. The zero-order valence-corrected chi connectivity index (χ0v) is 26.0. The third-order valence-electron chi connectivity index (χ3n) is 10.5. The van der Waals surface area contributed by atoms with E-state index in [2.05, 4.69) is 20.8 Å². The molecule has 42 heavy (non-hydrogen) atoms. The van der Waals surface area contributed by atoms with Gasteiger partial charge in [0.15, 0.2) is 5.78 Å². The highest BCUT2D eigenvalue weighted by Gasteiger charge is 2.73. The van der Waals surface area contributed by atoms with Crippen molar-refractivity contribution in [1.82, 2.24) is 0 Å². The van der Waals surface area contributed by atoms with Crippen LogP contribution in [0, 0.1) is 23.2 Å². The van der Waals surface area contributed by atoms with E-state index in [1.165, 1.54) is 0 Å². The van der Waals surface area contributed by atoms with E-state index in [4.69, 9.17) is 4.74 Å². The average Bonchev–Trinajstić information content (AvgIpc) is 3.23. The third kappa shape index (κ3) is 5.52. The molecule has 0 spiro atoms. The van der Waals surface area contributed by atoms with E-state index in [1.54, 1.807) is 32.9 Å². The summed E-state index contributed by atoms with van der Waals surface area (Å²) < 4.78 is 6.28. The molecule has 0 saturated heterocycles. The number of benzene rings is 2. The summed E-state index contributed by atoms with van der Waals surface area (Å²) in [5.41, 5.74) is -0.506. The van der Waals surface area contributed by atoms with Crippen molar-refractivity contribution in [2.75, 3.05) is 6.61 Å². The lowest BCUT2D eigenvalue weighted by molar-refractivity contribution is -0.162. The summed E-state index contributed by atoms with van der Waals surface area (Å²) in [4.78, 5) is 26.5. The zero-order chi connectivity index (χ0) is 31.1. The van der Waals surface area contributed by atoms with Crippen LogP contribution < -0.4 is 0 Å². The molecule has 0 aliphatic heterocycles. The number of ketones is 1. The first-order valence-corrected chi connectivity index (χ1v) is 14.9. The standard InChI is InChI=1S/C36H46O6/c1-8-26(22-37)21-35(41)30(18-23(2)32(35)39)34(7,40)24(3)20-36(25(4)33(36,5)6)42-31(38)19-27-14-16-29(17-15-27)28-12-10-9-11-13-28/h8-18,24-25,30,37,40-41H,19-22H2,1-7H3/b26-8+/t24-,25?,30+,34+,35-,36+/m1/s1. The Hall–Kier alpha value is -3.06. The number of aliphatic hydroxyl groups excluding tert-OH is 1. The summed E-state index contributed by atoms with van der Waals surface area (Å²) in [7, 11) is 0. The lowest BCUT2D eigenvalue weighted by Gasteiger charge is -2.43. The molecule has 0 radical (unpaired) electrons. The fourth-order valence-electron chi connectivity index (χ4n) is 6.98. The van der Waals surface area contributed by atoms with Crippen molar-refractivity contribution >= 4 is 11.8 Å². The Morgan fingerprint density at radius 3 is 2.19 bits per heavy atom. The van der Waals surface area contributed by atoms with Gasteiger partial charge < -0.3 is 20.1 Å². The van der Waals surface area contributed by atoms with Crippen LogP contribution in [0.2, 0.25) is 0 Å². The summed E-state index contributed by atoms with van der Waals surface area (Å²) in [6.07, 6.45) is 3.79. The van der Waals surface area contributed by atoms with Gasteiger partial charge in [-0.05, 0) is 60.9 Å². The average molecular weight is 575 g/mol. The number of carbonyl (C=O) groups excluding carboxylic acids is 2. The van der Waals surface area contributed by atoms with Crippen molar-refractivity contribution in [2.45, 2.75) is 84.5 Å². The number of esters is 1. The van der Waals surface area contributed by atoms with Gasteiger partial charge in [-0.15, -0.1) is 0 Å². The molecular weight excluding hydrogens is 528 g/mol. The molecule has 4 rings (SSSR count). The number of ether oxygens (including phenoxy) is 1. The Kier molecular flexibility index (Phi) is 8.77. The molecule has 0 heterocycles. The molecule has 2 aromatic carbocycles. The number of allylic oxidation sites excluding steroid dienone is 1. The van der Waals surface area contributed by atoms with E-state index in [0.29, 0.717) is 17.6 Å². The quantitative estimate of drug-likeness (QED) is 0.230. The van der Waals surface area contributed by atoms with Crippen LogP contribution in [0.15, 0.2) is 77.9 Å². The highest BCUT2D eigenvalue weighted by atomic mass is 16.6. The SMILES string of the molecule is C/C=C(/CO)C[C@]1(O)C(=O)C(C)=C[C@H]1[C@@](C)(O)[C@H](C)C[C@]1(OC(=O)Cc2ccc(-c3ccccc3)cc2)C(C)C1(C)C. The van der Waals surface area contributed by atoms with Crippen molar-refractivity contribution < 1.29 is 29.6 Å². The van der Waals surface area contributed by atoms with E-state index in [1.807, 2.05) is 61.5 Å². The van der Waals surface area contributed by atoms with E-state index >= 15 is 0 Å². The maximum atomic E-state index is 13.3. The van der Waals surface area contributed by atoms with Crippen LogP contribution in [0.5, 0.6) is 0 Å². The topological polar surface area (TPSA) is 104 Å². The smallest absolute Gasteiger partial charge is 0.310 e. The second kappa shape index (κ2) is 11.6. The van der Waals surface area contributed by atoms with Crippen LogP contribution in [0.4, 0.5) is 0 Å². The zero-order valence-electron chi connectivity index (χ0n) is 26.0. The molecule has 226 valence electrons. The minimum atomic E-state index is -1.87. The second-order valence-corrected chi connectivity index (χ2v) is 13.2. The maximum absolute atomic E-state index is 13.3. The Morgan fingerprint density at radius 2 is 1.67 bits per heavy atom. The van der Waals surface area contributed by atoms with Gasteiger partial charge in [0.25, 0.3) is 0 Å². The van der Waals surface area contributed by atoms with E-state index in [0.717, 1.165) is 16.7 Å². The maximum Gasteiger partial charge on any atom is 0.310 e. The van der Waals surface area contributed by atoms with Gasteiger partial charge in [0, 0.05) is 23.7 Å². The molecule has 6 heteroatoms. The first-order chi connectivity index (χ1) is 19.6. The molecule has 1 saturated carbocycles. The third-order valence-corrected chi connectivity index (χ3v) is 10.5. The van der Waals surface area contributed by atoms with E-state index in [-0.39, 0.29) is 36.8 Å². The normalized spacial score (nSPS) is 29.0. The van der Waals surface area contributed by atoms with Crippen molar-refractivity contribution in [1.29, 1.82) is 0 Å². The lowest BCUT2D eigenvalue weighted by atomic mass is 9.68. The largest absolute Gasteiger partial charge is 0.458 e. The molecule has 0 bridgehead atoms. The number of hydrogen-bond acceptors (Lipinski definition) is 6. The van der Waals surface area contributed by atoms with Gasteiger partial charge >= 0.3 is 5.97 Å². The number of hydrogen-bond donors (Lipinski definition) is 3. The Labute approximate surface area is 250 Å². The van der Waals surface area contributed by atoms with Crippen LogP contribution >= 0.6 is 0 Å². The Bertz CT molecular complexity index is 1370. The minimum Gasteiger partial charge on any atom is -0.458 e. The summed E-state index contributed by atoms with van der Waals surface area (Å²) in [5, 5.41) is 33.4. The van der Waals surface area contributed by atoms with Crippen LogP contribution in [0.3, 0.4) is 0 Å². The number of aliphatic hydroxyl groups is 3. The number of carbonyl (C=O) groups is 2. The predicted molar refractivity (Wildman–Crippen MR) is 164 cm³/mol. The second-order valence-electron chi connectivity index (χ2n) is 13.2. The van der Waals surface area contributed by atoms with Gasteiger partial charge in [-0.3, -0.25) is 9.59 Å². The lowest BCUT2D eigenvalue weighted by Crippen LogP contribution is -2.55. The molecule has 3 N–H and O–H groups in total. The summed E-state index contributed by atoms with van der Waals surface area (Å²) >= 11 is 0. The molecule has 0 aromatic heterocycles. The van der Waals surface area contributed by atoms with Crippen molar-refractivity contribution in [3.05, 3.63) is 83.5 Å². The summed E-state index contributed by atoms with van der Waals surface area (Å²) in [6, 6.07) is 18.0. The van der Waals surface area contributed by atoms with Crippen LogP contribution in [0.25, 0.3) is 11.1 Å². The van der Waals surface area contributed by atoms with Gasteiger partial charge in [0.1, 0.15) is 11.2 Å². The molecule has 2 aliphatic rings. The number of rotatable bonds is 11. The fraction of sp³-hybridized carbons (Fsp3) is 0.500. The van der Waals surface area contributed by atoms with Crippen LogP contribution in [-0.2, 0) is 20.7 Å².